The van der Waals surface area contributed by atoms with Crippen molar-refractivity contribution >= 4 is 40.6 Å². The van der Waals surface area contributed by atoms with E-state index in [1.807, 2.05) is 44.3 Å². The number of urea groups is 1. The molecule has 2 aromatic rings. The van der Waals surface area contributed by atoms with E-state index in [1.165, 1.54) is 0 Å². The molecule has 0 unspecified atom stereocenters. The van der Waals surface area contributed by atoms with E-state index in [1.54, 1.807) is 0 Å². The molecule has 0 saturated carbocycles. The molecule has 6 N–H and O–H groups in total. The van der Waals surface area contributed by atoms with E-state index in [0.717, 1.165) is 16.5 Å². The topological polar surface area (TPSA) is 129 Å². The monoisotopic (exact) mass is 419 g/mol. The van der Waals surface area contributed by atoms with E-state index in [2.05, 4.69) is 33.6 Å². The highest BCUT2D eigenvalue weighted by Gasteiger charge is 2.25. The van der Waals surface area contributed by atoms with Gasteiger partial charge in [-0.3, -0.25) is 9.59 Å². The minimum atomic E-state index is -0.736. The number of para-hydroxylation sites is 1. The largest absolute Gasteiger partial charge is 0.361 e. The first kappa shape index (κ1) is 22.8. The molecule has 3 amide bonds. The molecule has 0 aliphatic carbocycles. The number of rotatable bonds is 11. The highest BCUT2D eigenvalue weighted by atomic mass is 32.1. The summed E-state index contributed by atoms with van der Waals surface area (Å²) in [6.45, 7) is 4.25. The fourth-order valence-corrected chi connectivity index (χ4v) is 3.39. The highest BCUT2D eigenvalue weighted by Crippen LogP contribution is 2.19. The van der Waals surface area contributed by atoms with Gasteiger partial charge in [0.1, 0.15) is 0 Å². The van der Waals surface area contributed by atoms with Crippen molar-refractivity contribution in [1.29, 1.82) is 0 Å². The van der Waals surface area contributed by atoms with Crippen LogP contribution < -0.4 is 21.7 Å². The van der Waals surface area contributed by atoms with Crippen molar-refractivity contribution < 1.29 is 14.4 Å². The molecule has 1 heterocycles. The van der Waals surface area contributed by atoms with Crippen LogP contribution in [0.15, 0.2) is 30.5 Å². The predicted molar refractivity (Wildman–Crippen MR) is 117 cm³/mol. The zero-order valence-electron chi connectivity index (χ0n) is 16.7. The number of H-pyrrole nitrogens is 1. The number of primary amides is 1. The standard InChI is InChI=1S/C20H29N5O3S/c1-12(2)24-17(10-13-11-23-15-7-4-3-6-14(13)15)18(26)25-16(19(27)29)8-5-9-22-20(21)28/h3-4,6-7,11-12,16-17,23-24H,5,8-10H2,1-2H3,(H,25,26)(H,27,29)(H3,21,22,28)/t16-,17-/m0/s1. The van der Waals surface area contributed by atoms with E-state index in [4.69, 9.17) is 5.73 Å². The molecular weight excluding hydrogens is 390 g/mol. The molecule has 2 atom stereocenters. The first-order valence-corrected chi connectivity index (χ1v) is 10.1. The van der Waals surface area contributed by atoms with Crippen molar-refractivity contribution in [2.45, 2.75) is 51.2 Å². The summed E-state index contributed by atoms with van der Waals surface area (Å²) >= 11 is 3.90. The molecule has 1 aromatic carbocycles. The lowest BCUT2D eigenvalue weighted by atomic mass is 10.0. The van der Waals surface area contributed by atoms with Crippen LogP contribution >= 0.6 is 12.6 Å². The van der Waals surface area contributed by atoms with Crippen LogP contribution in [0.2, 0.25) is 0 Å². The van der Waals surface area contributed by atoms with E-state index < -0.39 is 23.2 Å². The summed E-state index contributed by atoms with van der Waals surface area (Å²) in [5.41, 5.74) is 7.06. The van der Waals surface area contributed by atoms with Crippen molar-refractivity contribution in [3.05, 3.63) is 36.0 Å². The fourth-order valence-electron chi connectivity index (χ4n) is 3.20. The molecule has 158 valence electrons. The molecule has 0 bridgehead atoms. The fraction of sp³-hybridized carbons (Fsp3) is 0.450. The van der Waals surface area contributed by atoms with Gasteiger partial charge in [-0.2, -0.15) is 0 Å². The highest BCUT2D eigenvalue weighted by molar-refractivity contribution is 7.96. The van der Waals surface area contributed by atoms with Crippen LogP contribution in [-0.4, -0.2) is 46.7 Å². The number of aromatic amines is 1. The molecule has 2 rings (SSSR count). The van der Waals surface area contributed by atoms with Crippen molar-refractivity contribution in [1.82, 2.24) is 20.9 Å². The lowest BCUT2D eigenvalue weighted by molar-refractivity contribution is -0.126. The third-order valence-corrected chi connectivity index (χ3v) is 4.85. The molecule has 0 fully saturated rings. The summed E-state index contributed by atoms with van der Waals surface area (Å²) < 4.78 is 0. The molecule has 1 aromatic heterocycles. The lowest BCUT2D eigenvalue weighted by Crippen LogP contribution is -2.52. The average Bonchev–Trinajstić information content (AvgIpc) is 3.06. The Hall–Kier alpha value is -2.52. The van der Waals surface area contributed by atoms with Crippen LogP contribution in [0.5, 0.6) is 0 Å². The Morgan fingerprint density at radius 1 is 1.17 bits per heavy atom. The number of benzene rings is 1. The van der Waals surface area contributed by atoms with E-state index in [0.29, 0.717) is 25.8 Å². The SMILES string of the molecule is CC(C)N[C@@H](Cc1c[nH]c2ccccc12)C(=O)N[C@@H](CCCNC(N)=O)C(=O)S. The van der Waals surface area contributed by atoms with E-state index in [-0.39, 0.29) is 11.9 Å². The minimum Gasteiger partial charge on any atom is -0.361 e. The number of nitrogens with two attached hydrogens (primary N) is 1. The second-order valence-electron chi connectivity index (χ2n) is 7.27. The van der Waals surface area contributed by atoms with Crippen molar-refractivity contribution in [3.63, 3.8) is 0 Å². The van der Waals surface area contributed by atoms with E-state index >= 15 is 0 Å². The number of thiol groups is 1. The van der Waals surface area contributed by atoms with Gasteiger partial charge in [-0.15, -0.1) is 12.6 Å². The van der Waals surface area contributed by atoms with Gasteiger partial charge in [0.2, 0.25) is 11.0 Å². The van der Waals surface area contributed by atoms with Crippen LogP contribution in [-0.2, 0) is 16.0 Å². The number of hydrogen-bond acceptors (Lipinski definition) is 4. The van der Waals surface area contributed by atoms with Crippen LogP contribution in [0.25, 0.3) is 10.9 Å². The zero-order chi connectivity index (χ0) is 21.4. The smallest absolute Gasteiger partial charge is 0.312 e. The molecular formula is C20H29N5O3S. The molecule has 8 nitrogen and oxygen atoms in total. The third-order valence-electron chi connectivity index (χ3n) is 4.53. The Kier molecular flexibility index (Phi) is 8.53. The van der Waals surface area contributed by atoms with E-state index in [9.17, 15) is 14.4 Å². The van der Waals surface area contributed by atoms with Crippen LogP contribution in [0.4, 0.5) is 4.79 Å². The molecule has 0 saturated heterocycles. The van der Waals surface area contributed by atoms with Crippen LogP contribution in [0.3, 0.4) is 0 Å². The summed E-state index contributed by atoms with van der Waals surface area (Å²) in [4.78, 5) is 38.8. The van der Waals surface area contributed by atoms with Gasteiger partial charge in [0, 0.05) is 29.7 Å². The average molecular weight is 420 g/mol. The number of nitrogens with one attached hydrogen (secondary N) is 4. The Morgan fingerprint density at radius 2 is 1.90 bits per heavy atom. The van der Waals surface area contributed by atoms with Gasteiger partial charge in [-0.1, -0.05) is 32.0 Å². The minimum absolute atomic E-state index is 0.0841. The van der Waals surface area contributed by atoms with Crippen molar-refractivity contribution in [3.8, 4) is 0 Å². The second-order valence-corrected chi connectivity index (χ2v) is 7.71. The number of hydrogen-bond donors (Lipinski definition) is 6. The molecule has 9 heteroatoms. The lowest BCUT2D eigenvalue weighted by Gasteiger charge is -2.23. The Morgan fingerprint density at radius 3 is 2.55 bits per heavy atom. The number of carbonyl (C=O) groups is 3. The maximum atomic E-state index is 12.9. The number of amides is 3. The summed E-state index contributed by atoms with van der Waals surface area (Å²) in [5, 5.41) is 9.17. The number of fused-ring (bicyclic) bond motifs is 1. The molecule has 0 spiro atoms. The third kappa shape index (κ3) is 7.10. The number of carbonyl (C=O) groups excluding carboxylic acids is 3. The molecule has 29 heavy (non-hydrogen) atoms. The van der Waals surface area contributed by atoms with Gasteiger partial charge in [0.15, 0.2) is 0 Å². The van der Waals surface area contributed by atoms with Crippen LogP contribution in [0.1, 0.15) is 32.3 Å². The zero-order valence-corrected chi connectivity index (χ0v) is 17.6. The Labute approximate surface area is 175 Å². The molecule has 0 aliphatic rings. The van der Waals surface area contributed by atoms with Gasteiger partial charge in [-0.05, 0) is 30.9 Å². The Bertz CT molecular complexity index is 852. The summed E-state index contributed by atoms with van der Waals surface area (Å²) in [6, 6.07) is 6.13. The summed E-state index contributed by atoms with van der Waals surface area (Å²) in [6.07, 6.45) is 3.23. The quantitative estimate of drug-likeness (QED) is 0.243. The van der Waals surface area contributed by atoms with Crippen molar-refractivity contribution in [2.75, 3.05) is 6.54 Å². The maximum Gasteiger partial charge on any atom is 0.312 e. The first-order chi connectivity index (χ1) is 13.8. The normalized spacial score (nSPS) is 13.2. The second kappa shape index (κ2) is 10.9. The summed E-state index contributed by atoms with van der Waals surface area (Å²) in [5.74, 6) is -0.265. The first-order valence-electron chi connectivity index (χ1n) is 9.65. The van der Waals surface area contributed by atoms with Gasteiger partial charge in [0.05, 0.1) is 12.1 Å². The van der Waals surface area contributed by atoms with Gasteiger partial charge < -0.3 is 26.7 Å². The molecule has 0 radical (unpaired) electrons. The summed E-state index contributed by atoms with van der Waals surface area (Å²) in [7, 11) is 0. The predicted octanol–water partition coefficient (Wildman–Crippen LogP) is 1.47. The van der Waals surface area contributed by atoms with Crippen LogP contribution in [0, 0.1) is 0 Å². The number of aromatic nitrogens is 1. The molecule has 0 aliphatic heterocycles. The van der Waals surface area contributed by atoms with Gasteiger partial charge in [-0.25, -0.2) is 4.79 Å². The van der Waals surface area contributed by atoms with Crippen molar-refractivity contribution in [2.24, 2.45) is 5.73 Å². The Balaban J connectivity index is 2.06. The van der Waals surface area contributed by atoms with Gasteiger partial charge in [0.25, 0.3) is 0 Å². The van der Waals surface area contributed by atoms with Gasteiger partial charge >= 0.3 is 6.03 Å². The maximum absolute atomic E-state index is 12.9.